The number of amides is 2. The van der Waals surface area contributed by atoms with Gasteiger partial charge in [0, 0.05) is 20.1 Å². The normalized spacial score (nSPS) is 41.6. The van der Waals surface area contributed by atoms with Crippen LogP contribution in [0.15, 0.2) is 24.5 Å². The molecule has 0 aromatic heterocycles. The molecule has 1 N–H and O–H groups in total. The van der Waals surface area contributed by atoms with Crippen LogP contribution in [0.5, 0.6) is 11.5 Å². The summed E-state index contributed by atoms with van der Waals surface area (Å²) in [5.74, 6) is 2.20. The first kappa shape index (κ1) is 21.7. The zero-order valence-electron chi connectivity index (χ0n) is 21.5. The van der Waals surface area contributed by atoms with Crippen LogP contribution in [0.4, 0.5) is 5.69 Å². The van der Waals surface area contributed by atoms with E-state index in [0.717, 1.165) is 31.5 Å². The van der Waals surface area contributed by atoms with E-state index < -0.39 is 16.6 Å². The summed E-state index contributed by atoms with van der Waals surface area (Å²) in [6.07, 6.45) is 5.91. The van der Waals surface area contributed by atoms with Crippen molar-refractivity contribution in [2.24, 2.45) is 17.3 Å². The Morgan fingerprint density at radius 1 is 1.11 bits per heavy atom. The lowest BCUT2D eigenvalue weighted by molar-refractivity contribution is -0.184. The Morgan fingerprint density at radius 2 is 1.89 bits per heavy atom. The van der Waals surface area contributed by atoms with Crippen LogP contribution in [0.3, 0.4) is 0 Å². The van der Waals surface area contributed by atoms with Crippen molar-refractivity contribution in [2.45, 2.75) is 76.0 Å². The summed E-state index contributed by atoms with van der Waals surface area (Å²) in [7, 11) is 1.99. The van der Waals surface area contributed by atoms with Gasteiger partial charge in [-0.2, -0.15) is 0 Å². The summed E-state index contributed by atoms with van der Waals surface area (Å²) in [5.41, 5.74) is -0.694. The van der Waals surface area contributed by atoms with Gasteiger partial charge >= 0.3 is 0 Å². The minimum absolute atomic E-state index is 0.0149. The Kier molecular flexibility index (Phi) is 3.75. The van der Waals surface area contributed by atoms with E-state index in [1.807, 2.05) is 37.9 Å². The lowest BCUT2D eigenvalue weighted by atomic mass is 9.57. The number of fused-ring (bicyclic) bond motifs is 5. The third-order valence-electron chi connectivity index (χ3n) is 10.6. The Hall–Kier alpha value is -2.54. The minimum atomic E-state index is -0.748. The van der Waals surface area contributed by atoms with Crippen molar-refractivity contribution in [3.8, 4) is 11.5 Å². The monoisotopic (exact) mass is 477 g/mol. The topological polar surface area (TPSA) is 71.1 Å². The molecule has 3 spiro atoms. The third-order valence-corrected chi connectivity index (χ3v) is 10.6. The molecule has 5 unspecified atom stereocenters. The van der Waals surface area contributed by atoms with Crippen molar-refractivity contribution in [1.29, 1.82) is 0 Å². The molecular formula is C28H35N3O4. The second kappa shape index (κ2) is 6.05. The molecule has 6 aliphatic heterocycles. The summed E-state index contributed by atoms with van der Waals surface area (Å²) in [6, 6.07) is 4.01. The summed E-state index contributed by atoms with van der Waals surface area (Å²) in [5, 5.41) is 3.22. The van der Waals surface area contributed by atoms with Crippen LogP contribution in [0, 0.1) is 17.3 Å². The number of piperidine rings is 2. The number of anilines is 1. The summed E-state index contributed by atoms with van der Waals surface area (Å²) >= 11 is 0. The lowest BCUT2D eigenvalue weighted by Crippen LogP contribution is -2.78. The molecule has 8 rings (SSSR count). The molecular weight excluding hydrogens is 442 g/mol. The van der Waals surface area contributed by atoms with Gasteiger partial charge in [-0.05, 0) is 68.1 Å². The Bertz CT molecular complexity index is 1240. The maximum atomic E-state index is 14.1. The zero-order chi connectivity index (χ0) is 24.8. The van der Waals surface area contributed by atoms with Crippen molar-refractivity contribution in [2.75, 3.05) is 25.5 Å². The van der Waals surface area contributed by atoms with E-state index >= 15 is 0 Å². The van der Waals surface area contributed by atoms with Gasteiger partial charge in [-0.1, -0.05) is 26.8 Å². The van der Waals surface area contributed by atoms with Crippen molar-refractivity contribution < 1.29 is 19.1 Å². The van der Waals surface area contributed by atoms with Crippen molar-refractivity contribution >= 4 is 17.5 Å². The van der Waals surface area contributed by atoms with E-state index in [1.54, 1.807) is 6.26 Å². The average molecular weight is 478 g/mol. The predicted octanol–water partition coefficient (Wildman–Crippen LogP) is 3.68. The standard InChI is InChI=1S/C28H35N3O4/c1-16-11-26-12-19-25(4,5)28(14-27(19,15-31(26)13-16)30(6)23(26)33)17-7-8-18-21(20(17)29-22(28)32)34-10-9-24(2,3)35-18/h7-10,16,19H,11-15H2,1-6H3,(H,29,32). The molecule has 5 atom stereocenters. The molecule has 2 bridgehead atoms. The fourth-order valence-electron chi connectivity index (χ4n) is 9.07. The van der Waals surface area contributed by atoms with Crippen LogP contribution in [0.1, 0.15) is 59.4 Å². The van der Waals surface area contributed by atoms with Crippen molar-refractivity contribution in [3.63, 3.8) is 0 Å². The van der Waals surface area contributed by atoms with Crippen molar-refractivity contribution in [3.05, 3.63) is 30.0 Å². The number of carbonyl (C=O) groups excluding carboxylic acids is 2. The van der Waals surface area contributed by atoms with Crippen molar-refractivity contribution in [1.82, 2.24) is 9.80 Å². The lowest BCUT2D eigenvalue weighted by Gasteiger charge is -2.64. The molecule has 1 aliphatic carbocycles. The summed E-state index contributed by atoms with van der Waals surface area (Å²) < 4.78 is 12.3. The van der Waals surface area contributed by atoms with Gasteiger partial charge in [-0.15, -0.1) is 0 Å². The largest absolute Gasteiger partial charge is 0.480 e. The SMILES string of the molecule is CC1CN2CC34CC5(C(=O)Nc6c5ccc5c6OC=CC(C)(C)O5)C(C)(C)C3CC2(C1)C(=O)N4C. The molecule has 7 aliphatic rings. The highest BCUT2D eigenvalue weighted by atomic mass is 16.5. The van der Waals surface area contributed by atoms with Crippen LogP contribution >= 0.6 is 0 Å². The van der Waals surface area contributed by atoms with Gasteiger partial charge in [0.2, 0.25) is 11.8 Å². The second-order valence-corrected chi connectivity index (χ2v) is 13.1. The van der Waals surface area contributed by atoms with Gasteiger partial charge in [0.1, 0.15) is 11.1 Å². The highest BCUT2D eigenvalue weighted by molar-refractivity contribution is 6.09. The maximum Gasteiger partial charge on any atom is 0.243 e. The highest BCUT2D eigenvalue weighted by Gasteiger charge is 2.79. The Balaban J connectivity index is 1.40. The number of carbonyl (C=O) groups is 2. The van der Waals surface area contributed by atoms with Crippen LogP contribution in [0.25, 0.3) is 0 Å². The molecule has 1 saturated carbocycles. The Morgan fingerprint density at radius 3 is 2.66 bits per heavy atom. The molecule has 2 amide bonds. The van der Waals surface area contributed by atoms with Gasteiger partial charge in [0.25, 0.3) is 0 Å². The van der Waals surface area contributed by atoms with E-state index in [0.29, 0.717) is 29.5 Å². The number of hydrogen-bond acceptors (Lipinski definition) is 5. The number of piperazine rings is 1. The fraction of sp³-hybridized carbons (Fsp3) is 0.643. The molecule has 4 saturated heterocycles. The number of hydrogen-bond donors (Lipinski definition) is 1. The van der Waals surface area contributed by atoms with E-state index in [4.69, 9.17) is 9.47 Å². The first-order chi connectivity index (χ1) is 16.4. The van der Waals surface area contributed by atoms with Gasteiger partial charge in [0.05, 0.1) is 22.9 Å². The first-order valence-electron chi connectivity index (χ1n) is 12.9. The van der Waals surface area contributed by atoms with E-state index in [9.17, 15) is 9.59 Å². The van der Waals surface area contributed by atoms with Crippen LogP contribution in [-0.2, 0) is 15.0 Å². The van der Waals surface area contributed by atoms with Crippen LogP contribution < -0.4 is 14.8 Å². The molecule has 7 nitrogen and oxygen atoms in total. The maximum absolute atomic E-state index is 14.1. The number of ether oxygens (including phenoxy) is 2. The second-order valence-electron chi connectivity index (χ2n) is 13.1. The van der Waals surface area contributed by atoms with Gasteiger partial charge in [-0.25, -0.2) is 0 Å². The summed E-state index contributed by atoms with van der Waals surface area (Å²) in [6.45, 7) is 12.5. The molecule has 186 valence electrons. The number of nitrogens with one attached hydrogen (secondary N) is 1. The minimum Gasteiger partial charge on any atom is -0.480 e. The van der Waals surface area contributed by atoms with Crippen LogP contribution in [-0.4, -0.2) is 58.4 Å². The molecule has 1 aromatic carbocycles. The van der Waals surface area contributed by atoms with E-state index in [-0.39, 0.29) is 28.7 Å². The van der Waals surface area contributed by atoms with E-state index in [2.05, 4.69) is 37.1 Å². The van der Waals surface area contributed by atoms with Gasteiger partial charge < -0.3 is 19.7 Å². The molecule has 5 fully saturated rings. The molecule has 6 heterocycles. The fourth-order valence-corrected chi connectivity index (χ4v) is 9.07. The first-order valence-corrected chi connectivity index (χ1v) is 12.9. The Labute approximate surface area is 206 Å². The molecule has 35 heavy (non-hydrogen) atoms. The summed E-state index contributed by atoms with van der Waals surface area (Å²) in [4.78, 5) is 32.5. The predicted molar refractivity (Wildman–Crippen MR) is 131 cm³/mol. The quantitative estimate of drug-likeness (QED) is 0.617. The van der Waals surface area contributed by atoms with Gasteiger partial charge in [0.15, 0.2) is 11.5 Å². The third kappa shape index (κ3) is 2.24. The average Bonchev–Trinajstić information content (AvgIpc) is 3.27. The molecule has 7 heteroatoms. The number of rotatable bonds is 0. The van der Waals surface area contributed by atoms with Crippen LogP contribution in [0.2, 0.25) is 0 Å². The zero-order valence-corrected chi connectivity index (χ0v) is 21.5. The number of likely N-dealkylation sites (N-methyl/N-ethyl adjacent to an activating group) is 1. The number of benzene rings is 1. The smallest absolute Gasteiger partial charge is 0.243 e. The molecule has 1 aromatic rings. The number of nitrogens with zero attached hydrogens (tertiary/aromatic N) is 2. The highest BCUT2D eigenvalue weighted by Crippen LogP contribution is 2.72. The van der Waals surface area contributed by atoms with Gasteiger partial charge in [-0.3, -0.25) is 14.5 Å². The molecule has 0 radical (unpaired) electrons. The van der Waals surface area contributed by atoms with E-state index in [1.165, 1.54) is 0 Å².